The first kappa shape index (κ1) is 14.5. The maximum atomic E-state index is 10.0. The number of hydrogen-bond acceptors (Lipinski definition) is 6. The number of H-pyrrole nitrogens is 1. The van der Waals surface area contributed by atoms with Gasteiger partial charge in [0.15, 0.2) is 11.5 Å². The fraction of sp³-hybridized carbons (Fsp3) is 0.615. The Kier molecular flexibility index (Phi) is 4.08. The van der Waals surface area contributed by atoms with E-state index in [0.717, 1.165) is 11.9 Å². The lowest BCUT2D eigenvalue weighted by molar-refractivity contribution is 0.132. The minimum atomic E-state index is -0.430. The smallest absolute Gasteiger partial charge is 0.226 e. The van der Waals surface area contributed by atoms with E-state index in [1.54, 1.807) is 13.4 Å². The second kappa shape index (κ2) is 5.62. The first-order valence-electron chi connectivity index (χ1n) is 6.70. The minimum Gasteiger partial charge on any atom is -0.391 e. The maximum Gasteiger partial charge on any atom is 0.226 e. The number of aliphatic hydroxyl groups is 1. The Bertz CT molecular complexity index is 574. The van der Waals surface area contributed by atoms with Crippen LogP contribution in [0.4, 0.5) is 11.8 Å². The molecule has 2 rings (SSSR count). The second-order valence-electron chi connectivity index (χ2n) is 6.05. The van der Waals surface area contributed by atoms with Crippen LogP contribution in [0.3, 0.4) is 0 Å². The number of anilines is 2. The van der Waals surface area contributed by atoms with Crippen LogP contribution in [0.5, 0.6) is 0 Å². The van der Waals surface area contributed by atoms with E-state index in [1.165, 1.54) is 0 Å². The Morgan fingerprint density at radius 3 is 2.75 bits per heavy atom. The third-order valence-electron chi connectivity index (χ3n) is 2.86. The van der Waals surface area contributed by atoms with E-state index in [1.807, 2.05) is 0 Å². The zero-order valence-electron chi connectivity index (χ0n) is 12.4. The molecule has 2 heterocycles. The summed E-state index contributed by atoms with van der Waals surface area (Å²) in [7, 11) is 1.76. The normalized spacial score (nSPS) is 13.4. The third kappa shape index (κ3) is 3.57. The van der Waals surface area contributed by atoms with Crippen LogP contribution in [0.2, 0.25) is 0 Å². The van der Waals surface area contributed by atoms with Crippen molar-refractivity contribution >= 4 is 22.9 Å². The monoisotopic (exact) mass is 278 g/mol. The fourth-order valence-electron chi connectivity index (χ4n) is 2.07. The van der Waals surface area contributed by atoms with E-state index in [9.17, 15) is 5.11 Å². The highest BCUT2D eigenvalue weighted by molar-refractivity contribution is 5.83. The predicted octanol–water partition coefficient (Wildman–Crippen LogP) is 1.60. The van der Waals surface area contributed by atoms with Crippen LogP contribution < -0.4 is 10.6 Å². The zero-order chi connectivity index (χ0) is 14.8. The van der Waals surface area contributed by atoms with E-state index >= 15 is 0 Å². The molecule has 0 aliphatic heterocycles. The van der Waals surface area contributed by atoms with Gasteiger partial charge in [0.25, 0.3) is 0 Å². The zero-order valence-corrected chi connectivity index (χ0v) is 12.4. The number of aliphatic hydroxyl groups excluding tert-OH is 1. The lowest BCUT2D eigenvalue weighted by atomic mass is 9.89. The Hall–Kier alpha value is -1.89. The van der Waals surface area contributed by atoms with Crippen molar-refractivity contribution in [3.05, 3.63) is 6.33 Å². The van der Waals surface area contributed by atoms with Crippen LogP contribution in [0, 0.1) is 5.41 Å². The Balaban J connectivity index is 2.11. The van der Waals surface area contributed by atoms with Crippen molar-refractivity contribution in [3.8, 4) is 0 Å². The first-order valence-corrected chi connectivity index (χ1v) is 6.70. The number of imidazole rings is 1. The molecule has 20 heavy (non-hydrogen) atoms. The molecule has 1 atom stereocenters. The molecule has 0 saturated carbocycles. The average molecular weight is 278 g/mol. The minimum absolute atomic E-state index is 0.0895. The maximum absolute atomic E-state index is 10.0. The van der Waals surface area contributed by atoms with Crippen LogP contribution >= 0.6 is 0 Å². The number of nitrogens with zero attached hydrogens (tertiary/aromatic N) is 3. The van der Waals surface area contributed by atoms with Crippen molar-refractivity contribution < 1.29 is 5.11 Å². The van der Waals surface area contributed by atoms with Gasteiger partial charge in [-0.2, -0.15) is 9.97 Å². The highest BCUT2D eigenvalue weighted by Crippen LogP contribution is 2.22. The Labute approximate surface area is 118 Å². The van der Waals surface area contributed by atoms with E-state index in [4.69, 9.17) is 0 Å². The standard InChI is InChI=1S/C13H22N6O/c1-13(2,3)5-8(20)6-15-10-9-11(17-7-16-9)19-12(14-4)18-10/h7-8,20H,5-6H2,1-4H3,(H3,14,15,16,17,18,19). The summed E-state index contributed by atoms with van der Waals surface area (Å²) in [5.41, 5.74) is 1.43. The van der Waals surface area contributed by atoms with Crippen molar-refractivity contribution in [2.24, 2.45) is 5.41 Å². The van der Waals surface area contributed by atoms with Crippen LogP contribution in [0.15, 0.2) is 6.33 Å². The van der Waals surface area contributed by atoms with Crippen molar-refractivity contribution in [2.75, 3.05) is 24.2 Å². The summed E-state index contributed by atoms with van der Waals surface area (Å²) in [6, 6.07) is 0. The molecule has 0 amide bonds. The SMILES string of the molecule is CNc1nc(NCC(O)CC(C)(C)C)c2[nH]cnc2n1. The van der Waals surface area contributed by atoms with Gasteiger partial charge in [-0.1, -0.05) is 20.8 Å². The Morgan fingerprint density at radius 1 is 1.35 bits per heavy atom. The van der Waals surface area contributed by atoms with Gasteiger partial charge in [-0.25, -0.2) is 4.98 Å². The molecule has 0 saturated heterocycles. The number of rotatable bonds is 5. The van der Waals surface area contributed by atoms with E-state index in [0.29, 0.717) is 24.0 Å². The molecule has 0 aliphatic rings. The summed E-state index contributed by atoms with van der Waals surface area (Å²) in [6.07, 6.45) is 1.87. The lowest BCUT2D eigenvalue weighted by Gasteiger charge is -2.22. The van der Waals surface area contributed by atoms with Gasteiger partial charge in [-0.3, -0.25) is 0 Å². The molecular weight excluding hydrogens is 256 g/mol. The van der Waals surface area contributed by atoms with E-state index < -0.39 is 6.10 Å². The van der Waals surface area contributed by atoms with Crippen LogP contribution in [0.1, 0.15) is 27.2 Å². The van der Waals surface area contributed by atoms with Crippen LogP contribution in [-0.4, -0.2) is 44.7 Å². The number of nitrogens with one attached hydrogen (secondary N) is 3. The molecule has 7 heteroatoms. The summed E-state index contributed by atoms with van der Waals surface area (Å²) in [5, 5.41) is 16.1. The van der Waals surface area contributed by atoms with Crippen molar-refractivity contribution in [2.45, 2.75) is 33.3 Å². The quantitative estimate of drug-likeness (QED) is 0.663. The van der Waals surface area contributed by atoms with Gasteiger partial charge in [0.05, 0.1) is 12.4 Å². The predicted molar refractivity (Wildman–Crippen MR) is 79.8 cm³/mol. The molecular formula is C13H22N6O. The fourth-order valence-corrected chi connectivity index (χ4v) is 2.07. The lowest BCUT2D eigenvalue weighted by Crippen LogP contribution is -2.25. The molecule has 0 bridgehead atoms. The highest BCUT2D eigenvalue weighted by Gasteiger charge is 2.17. The van der Waals surface area contributed by atoms with Gasteiger partial charge in [0.1, 0.15) is 5.52 Å². The molecule has 0 aromatic carbocycles. The largest absolute Gasteiger partial charge is 0.391 e. The second-order valence-corrected chi connectivity index (χ2v) is 6.05. The average Bonchev–Trinajstić information content (AvgIpc) is 2.81. The summed E-state index contributed by atoms with van der Waals surface area (Å²) in [5.74, 6) is 1.14. The van der Waals surface area contributed by atoms with Gasteiger partial charge >= 0.3 is 0 Å². The third-order valence-corrected chi connectivity index (χ3v) is 2.86. The molecule has 1 unspecified atom stereocenters. The molecule has 0 aliphatic carbocycles. The van der Waals surface area contributed by atoms with E-state index in [-0.39, 0.29) is 5.41 Å². The van der Waals surface area contributed by atoms with Crippen LogP contribution in [0.25, 0.3) is 11.2 Å². The molecule has 7 nitrogen and oxygen atoms in total. The summed E-state index contributed by atoms with van der Waals surface area (Å²) in [4.78, 5) is 15.7. The molecule has 0 fully saturated rings. The highest BCUT2D eigenvalue weighted by atomic mass is 16.3. The summed E-state index contributed by atoms with van der Waals surface area (Å²) >= 11 is 0. The van der Waals surface area contributed by atoms with Gasteiger partial charge in [-0.15, -0.1) is 0 Å². The van der Waals surface area contributed by atoms with E-state index in [2.05, 4.69) is 51.3 Å². The molecule has 4 N–H and O–H groups in total. The summed E-state index contributed by atoms with van der Waals surface area (Å²) in [6.45, 7) is 6.75. The molecule has 0 spiro atoms. The van der Waals surface area contributed by atoms with Gasteiger partial charge in [-0.05, 0) is 11.8 Å². The van der Waals surface area contributed by atoms with Crippen molar-refractivity contribution in [1.82, 2.24) is 19.9 Å². The number of hydrogen-bond donors (Lipinski definition) is 4. The van der Waals surface area contributed by atoms with Crippen molar-refractivity contribution in [3.63, 3.8) is 0 Å². The molecule has 2 aromatic heterocycles. The van der Waals surface area contributed by atoms with Gasteiger partial charge < -0.3 is 20.7 Å². The first-order chi connectivity index (χ1) is 9.39. The molecule has 2 aromatic rings. The Morgan fingerprint density at radius 2 is 2.10 bits per heavy atom. The summed E-state index contributed by atoms with van der Waals surface area (Å²) < 4.78 is 0. The van der Waals surface area contributed by atoms with Gasteiger partial charge in [0, 0.05) is 13.6 Å². The van der Waals surface area contributed by atoms with Crippen molar-refractivity contribution in [1.29, 1.82) is 0 Å². The molecule has 110 valence electrons. The van der Waals surface area contributed by atoms with Crippen LogP contribution in [-0.2, 0) is 0 Å². The number of aromatic amines is 1. The number of fused-ring (bicyclic) bond motifs is 1. The number of aromatic nitrogens is 4. The molecule has 0 radical (unpaired) electrons. The van der Waals surface area contributed by atoms with Gasteiger partial charge in [0.2, 0.25) is 5.95 Å². The topological polar surface area (TPSA) is 98.8 Å².